The average molecular weight is 853 g/mol. The van der Waals surface area contributed by atoms with Crippen LogP contribution in [0.15, 0.2) is 100 Å². The molecule has 6 aliphatic heterocycles. The zero-order valence-corrected chi connectivity index (χ0v) is 34.4. The fourth-order valence-electron chi connectivity index (χ4n) is 12.4. The van der Waals surface area contributed by atoms with E-state index in [0.29, 0.717) is 25.0 Å². The SMILES string of the molecule is O=C1c2cccc3c2C(=O)[C@]2(CSS[C@H]4CC5=C[C@@H]6CC[C@H]7CCC8=C(C5=C(NC8)N4)[C@]76C[C@]4(O)[C@H](O)[C@@H](CO)O[C@@H](O3)[C@@H]4O)C(O)=CC(Cc3cccc(CO)c3)=C[C@H]12. The molecule has 10 bridgehead atoms. The maximum Gasteiger partial charge on any atom is 0.229 e. The summed E-state index contributed by atoms with van der Waals surface area (Å²) in [6, 6.07) is 12.1. The van der Waals surface area contributed by atoms with Gasteiger partial charge in [-0.2, -0.15) is 0 Å². The molecule has 0 unspecified atom stereocenters. The zero-order valence-electron chi connectivity index (χ0n) is 32.8. The fraction of sp³-hybridized carbons (Fsp3) is 0.478. The summed E-state index contributed by atoms with van der Waals surface area (Å²) in [5.74, 6) is -1.14. The number of rotatable bonds is 4. The van der Waals surface area contributed by atoms with Crippen LogP contribution in [0.5, 0.6) is 5.75 Å². The lowest BCUT2D eigenvalue weighted by Gasteiger charge is -2.58. The highest BCUT2D eigenvalue weighted by Crippen LogP contribution is 2.68. The molecule has 11 aliphatic rings. The van der Waals surface area contributed by atoms with E-state index in [4.69, 9.17) is 9.47 Å². The van der Waals surface area contributed by atoms with Gasteiger partial charge in [-0.15, -0.1) is 0 Å². The van der Waals surface area contributed by atoms with Crippen molar-refractivity contribution in [1.29, 1.82) is 0 Å². The quantitative estimate of drug-likeness (QED) is 0.203. The molecule has 314 valence electrons. The van der Waals surface area contributed by atoms with Crippen LogP contribution in [0.4, 0.5) is 0 Å². The number of Topliss-reactive ketones (excluding diaryl/α,β-unsaturated/α-hetero) is 2. The third-order valence-electron chi connectivity index (χ3n) is 15.1. The molecule has 0 amide bonds. The van der Waals surface area contributed by atoms with E-state index >= 15 is 4.79 Å². The van der Waals surface area contributed by atoms with Gasteiger partial charge in [-0.25, -0.2) is 0 Å². The maximum absolute atomic E-state index is 15.4. The Balaban J connectivity index is 1.06. The van der Waals surface area contributed by atoms with Crippen LogP contribution in [0.1, 0.15) is 70.4 Å². The number of benzene rings is 2. The lowest BCUT2D eigenvalue weighted by atomic mass is 9.51. The summed E-state index contributed by atoms with van der Waals surface area (Å²) in [6.45, 7) is -0.190. The number of dihydropyridines is 1. The van der Waals surface area contributed by atoms with Crippen molar-refractivity contribution in [3.63, 3.8) is 0 Å². The van der Waals surface area contributed by atoms with Gasteiger partial charge in [-0.1, -0.05) is 70.1 Å². The molecular weight excluding hydrogens is 805 g/mol. The Morgan fingerprint density at radius 2 is 1.82 bits per heavy atom. The number of hydrogen-bond acceptors (Lipinski definition) is 14. The van der Waals surface area contributed by atoms with Crippen molar-refractivity contribution in [3.05, 3.63) is 122 Å². The van der Waals surface area contributed by atoms with Crippen molar-refractivity contribution in [2.24, 2.45) is 28.6 Å². The first kappa shape index (κ1) is 39.0. The van der Waals surface area contributed by atoms with E-state index in [9.17, 15) is 35.4 Å². The number of ether oxygens (including phenoxy) is 2. The van der Waals surface area contributed by atoms with Crippen LogP contribution in [0.2, 0.25) is 0 Å². The van der Waals surface area contributed by atoms with Gasteiger partial charge in [0.2, 0.25) is 6.29 Å². The number of carbonyl (C=O) groups excluding carboxylic acids is 2. The first-order chi connectivity index (χ1) is 29.0. The molecule has 13 rings (SSSR count). The normalized spacial score (nSPS) is 38.8. The number of hydrogen-bond donors (Lipinski definition) is 8. The van der Waals surface area contributed by atoms with Crippen LogP contribution in [-0.2, 0) is 17.8 Å². The Morgan fingerprint density at radius 3 is 2.65 bits per heavy atom. The molecule has 2 aromatic rings. The van der Waals surface area contributed by atoms with Gasteiger partial charge >= 0.3 is 0 Å². The second-order valence-corrected chi connectivity index (χ2v) is 20.6. The van der Waals surface area contributed by atoms with Crippen molar-refractivity contribution in [2.75, 3.05) is 18.9 Å². The molecule has 0 radical (unpaired) electrons. The zero-order chi connectivity index (χ0) is 41.3. The van der Waals surface area contributed by atoms with Gasteiger partial charge in [0.05, 0.1) is 30.1 Å². The fourth-order valence-corrected chi connectivity index (χ4v) is 15.3. The number of ketones is 2. The van der Waals surface area contributed by atoms with Crippen LogP contribution >= 0.6 is 21.6 Å². The minimum absolute atomic E-state index is 0.00244. The summed E-state index contributed by atoms with van der Waals surface area (Å²) in [5.41, 5.74) is 2.51. The molecule has 14 heteroatoms. The average Bonchev–Trinajstić information content (AvgIpc) is 3.60. The predicted molar refractivity (Wildman–Crippen MR) is 223 cm³/mol. The molecule has 8 N–H and O–H groups in total. The van der Waals surface area contributed by atoms with Gasteiger partial charge in [-0.05, 0) is 95.9 Å². The van der Waals surface area contributed by atoms with E-state index in [0.717, 1.165) is 48.2 Å². The van der Waals surface area contributed by atoms with E-state index < -0.39 is 59.3 Å². The number of carbonyl (C=O) groups is 2. The van der Waals surface area contributed by atoms with Gasteiger partial charge in [0, 0.05) is 35.3 Å². The highest BCUT2D eigenvalue weighted by Gasteiger charge is 2.66. The molecule has 0 aromatic heterocycles. The van der Waals surface area contributed by atoms with Crippen molar-refractivity contribution in [2.45, 2.75) is 87.1 Å². The maximum atomic E-state index is 15.4. The van der Waals surface area contributed by atoms with Crippen LogP contribution in [0.25, 0.3) is 0 Å². The van der Waals surface area contributed by atoms with E-state index in [1.807, 2.05) is 24.3 Å². The molecule has 6 heterocycles. The van der Waals surface area contributed by atoms with E-state index in [1.165, 1.54) is 33.6 Å². The lowest BCUT2D eigenvalue weighted by Crippen LogP contribution is -2.70. The first-order valence-electron chi connectivity index (χ1n) is 21.0. The molecule has 2 aromatic carbocycles. The van der Waals surface area contributed by atoms with E-state index in [1.54, 1.807) is 35.1 Å². The van der Waals surface area contributed by atoms with Gasteiger partial charge < -0.3 is 50.7 Å². The molecule has 1 saturated heterocycles. The van der Waals surface area contributed by atoms with E-state index in [-0.39, 0.29) is 64.4 Å². The van der Waals surface area contributed by atoms with Crippen molar-refractivity contribution in [1.82, 2.24) is 10.6 Å². The third-order valence-corrected chi connectivity index (χ3v) is 17.8. The minimum Gasteiger partial charge on any atom is -0.511 e. The van der Waals surface area contributed by atoms with Crippen LogP contribution in [0, 0.1) is 28.6 Å². The summed E-state index contributed by atoms with van der Waals surface area (Å²) < 4.78 is 12.5. The van der Waals surface area contributed by atoms with Crippen molar-refractivity contribution >= 4 is 33.2 Å². The highest BCUT2D eigenvalue weighted by atomic mass is 33.1. The molecule has 60 heavy (non-hydrogen) atoms. The Morgan fingerprint density at radius 1 is 0.983 bits per heavy atom. The van der Waals surface area contributed by atoms with Gasteiger partial charge in [0.1, 0.15) is 46.7 Å². The molecule has 2 spiro atoms. The van der Waals surface area contributed by atoms with Gasteiger partial charge in [-0.3, -0.25) is 9.59 Å². The van der Waals surface area contributed by atoms with Gasteiger partial charge in [0.25, 0.3) is 0 Å². The Labute approximate surface area is 354 Å². The monoisotopic (exact) mass is 852 g/mol. The smallest absolute Gasteiger partial charge is 0.229 e. The largest absolute Gasteiger partial charge is 0.511 e. The second-order valence-electron chi connectivity index (χ2n) is 18.1. The van der Waals surface area contributed by atoms with Crippen molar-refractivity contribution < 1.29 is 49.7 Å². The minimum atomic E-state index is -2.21. The molecular formula is C46H48N2O10S2. The second kappa shape index (κ2) is 14.1. The highest BCUT2D eigenvalue weighted by molar-refractivity contribution is 8.76. The summed E-state index contributed by atoms with van der Waals surface area (Å²) >= 11 is 0. The van der Waals surface area contributed by atoms with E-state index in [2.05, 4.69) is 16.7 Å². The molecule has 12 nitrogen and oxygen atoms in total. The molecule has 1 saturated carbocycles. The number of nitrogens with one attached hydrogen (secondary N) is 2. The van der Waals surface area contributed by atoms with Crippen LogP contribution in [0.3, 0.4) is 0 Å². The Bertz CT molecular complexity index is 2390. The molecule has 11 atom stereocenters. The van der Waals surface area contributed by atoms with Crippen LogP contribution < -0.4 is 15.4 Å². The number of aliphatic hydroxyl groups excluding tert-OH is 5. The van der Waals surface area contributed by atoms with Crippen molar-refractivity contribution in [3.8, 4) is 5.75 Å². The Hall–Kier alpha value is -3.86. The predicted octanol–water partition coefficient (Wildman–Crippen LogP) is 4.30. The number of allylic oxidation sites excluding steroid dienone is 7. The lowest BCUT2D eigenvalue weighted by molar-refractivity contribution is -0.321. The van der Waals surface area contributed by atoms with Crippen LogP contribution in [-0.4, -0.2) is 96.7 Å². The van der Waals surface area contributed by atoms with Gasteiger partial charge in [0.15, 0.2) is 11.6 Å². The summed E-state index contributed by atoms with van der Waals surface area (Å²) in [4.78, 5) is 30.2. The molecule has 2 fully saturated rings. The summed E-state index contributed by atoms with van der Waals surface area (Å²) in [5, 5.41) is 77.1. The summed E-state index contributed by atoms with van der Waals surface area (Å²) in [6.07, 6.45) is 3.88. The topological polar surface area (TPSA) is 198 Å². The Kier molecular flexibility index (Phi) is 9.16. The number of aliphatic hydroxyl groups is 6. The third kappa shape index (κ3) is 5.41. The molecule has 5 aliphatic carbocycles. The first-order valence-corrected chi connectivity index (χ1v) is 23.4. The summed E-state index contributed by atoms with van der Waals surface area (Å²) in [7, 11) is 3.00. The standard InChI is InChI=1S/C46H48N2O10S2/c49-18-23-4-1-3-22(11-23)12-24-13-30-38(52)29-5-2-6-31-36(29)40(54)45(30,33(51)14-24)21-59-60-34-16-26-15-28-10-9-27-8-7-25-17-47-42(48-34)35(26)37(25)44(27,28)20-46(56)39(53)32(19-50)58-43(57-31)41(46)55/h1-6,11,13-15,27-28,30,32,34,39,41,43,47-51,53,55-56H,7-10,12,16-21H2/t27-,28+,30-,32-,34+,39-,41+,43-,44-,45+,46+/m1/s1.